The molecule has 0 aliphatic carbocycles. The largest absolute Gasteiger partial charge is 0.356 e. The number of anilines is 1. The number of urea groups is 1. The van der Waals surface area contributed by atoms with Crippen molar-refractivity contribution in [1.82, 2.24) is 25.4 Å². The maximum absolute atomic E-state index is 13.6. The Morgan fingerprint density at radius 2 is 2.03 bits per heavy atom. The molecule has 164 valence electrons. The molecule has 1 aromatic carbocycles. The number of rotatable bonds is 8. The highest BCUT2D eigenvalue weighted by atomic mass is 32.1. The third-order valence-electron chi connectivity index (χ3n) is 4.68. The van der Waals surface area contributed by atoms with Crippen LogP contribution in [0, 0.1) is 5.82 Å². The van der Waals surface area contributed by atoms with Crippen LogP contribution in [-0.4, -0.2) is 47.5 Å². The first kappa shape index (κ1) is 22.4. The standard InChI is InChI=1S/C21H26FN7OS/c1-4-28(5-2)19-10-9-17(26-27-19)18-14-31-21(25-16-8-6-7-15(22)13-16)29(18)12-11-24-20(30)23-3/h6-10,13-14H,4-5,11-12H2,1-3H3,(H2,23,24,30). The second-order valence-corrected chi connectivity index (χ2v) is 7.44. The molecule has 0 unspecified atom stereocenters. The minimum absolute atomic E-state index is 0.260. The third-order valence-corrected chi connectivity index (χ3v) is 5.54. The lowest BCUT2D eigenvalue weighted by Gasteiger charge is -2.19. The van der Waals surface area contributed by atoms with E-state index in [0.29, 0.717) is 29.3 Å². The van der Waals surface area contributed by atoms with E-state index in [1.165, 1.54) is 23.5 Å². The van der Waals surface area contributed by atoms with Crippen LogP contribution in [0.25, 0.3) is 11.4 Å². The fourth-order valence-electron chi connectivity index (χ4n) is 3.04. The summed E-state index contributed by atoms with van der Waals surface area (Å²) < 4.78 is 15.5. The van der Waals surface area contributed by atoms with Crippen LogP contribution in [0.2, 0.25) is 0 Å². The molecule has 3 aromatic rings. The Morgan fingerprint density at radius 1 is 1.23 bits per heavy atom. The van der Waals surface area contributed by atoms with E-state index in [-0.39, 0.29) is 11.8 Å². The molecular formula is C21H26FN7OS. The predicted octanol–water partition coefficient (Wildman–Crippen LogP) is 3.15. The van der Waals surface area contributed by atoms with E-state index in [1.807, 2.05) is 22.1 Å². The summed E-state index contributed by atoms with van der Waals surface area (Å²) >= 11 is 1.42. The number of carbonyl (C=O) groups excluding carboxylic acids is 1. The first-order chi connectivity index (χ1) is 15.0. The Balaban J connectivity index is 1.97. The monoisotopic (exact) mass is 443 g/mol. The van der Waals surface area contributed by atoms with Gasteiger partial charge in [0, 0.05) is 38.6 Å². The van der Waals surface area contributed by atoms with Crippen LogP contribution < -0.4 is 20.3 Å². The molecule has 2 N–H and O–H groups in total. The number of thiazole rings is 1. The number of aromatic nitrogens is 3. The minimum atomic E-state index is -0.344. The number of nitrogens with one attached hydrogen (secondary N) is 2. The lowest BCUT2D eigenvalue weighted by Crippen LogP contribution is -2.36. The Morgan fingerprint density at radius 3 is 2.68 bits per heavy atom. The zero-order valence-corrected chi connectivity index (χ0v) is 18.6. The Bertz CT molecular complexity index is 1070. The van der Waals surface area contributed by atoms with E-state index < -0.39 is 0 Å². The second kappa shape index (κ2) is 10.7. The van der Waals surface area contributed by atoms with Crippen molar-refractivity contribution in [2.75, 3.05) is 31.6 Å². The molecule has 2 amide bonds. The van der Waals surface area contributed by atoms with E-state index in [0.717, 1.165) is 24.6 Å². The number of halogens is 1. The van der Waals surface area contributed by atoms with E-state index >= 15 is 0 Å². The fraction of sp³-hybridized carbons (Fsp3) is 0.333. The molecule has 0 aliphatic heterocycles. The van der Waals surface area contributed by atoms with Crippen LogP contribution in [0.3, 0.4) is 0 Å². The van der Waals surface area contributed by atoms with E-state index in [4.69, 9.17) is 0 Å². The number of nitrogens with zero attached hydrogens (tertiary/aromatic N) is 5. The van der Waals surface area contributed by atoms with Crippen molar-refractivity contribution in [2.24, 2.45) is 4.99 Å². The van der Waals surface area contributed by atoms with E-state index in [1.54, 1.807) is 19.2 Å². The van der Waals surface area contributed by atoms with Crippen molar-refractivity contribution in [3.05, 3.63) is 52.4 Å². The summed E-state index contributed by atoms with van der Waals surface area (Å²) in [6, 6.07) is 9.75. The third kappa shape index (κ3) is 5.66. The van der Waals surface area contributed by atoms with E-state index in [2.05, 4.69) is 44.6 Å². The molecule has 0 fully saturated rings. The van der Waals surface area contributed by atoms with Gasteiger partial charge in [-0.2, -0.15) is 0 Å². The lowest BCUT2D eigenvalue weighted by molar-refractivity contribution is 0.242. The molecule has 0 atom stereocenters. The maximum Gasteiger partial charge on any atom is 0.314 e. The smallest absolute Gasteiger partial charge is 0.314 e. The number of hydrogen-bond acceptors (Lipinski definition) is 6. The summed E-state index contributed by atoms with van der Waals surface area (Å²) in [7, 11) is 1.57. The van der Waals surface area contributed by atoms with Gasteiger partial charge in [0.15, 0.2) is 10.6 Å². The topological polar surface area (TPSA) is 87.4 Å². The summed E-state index contributed by atoms with van der Waals surface area (Å²) in [6.07, 6.45) is 0. The Hall–Kier alpha value is -3.27. The van der Waals surface area contributed by atoms with Gasteiger partial charge >= 0.3 is 6.03 Å². The van der Waals surface area contributed by atoms with Crippen molar-refractivity contribution >= 4 is 28.9 Å². The van der Waals surface area contributed by atoms with Crippen LogP contribution in [0.15, 0.2) is 46.8 Å². The molecule has 31 heavy (non-hydrogen) atoms. The number of carbonyl (C=O) groups is 1. The first-order valence-electron chi connectivity index (χ1n) is 10.1. The predicted molar refractivity (Wildman–Crippen MR) is 121 cm³/mol. The van der Waals surface area contributed by atoms with Gasteiger partial charge in [0.25, 0.3) is 0 Å². The summed E-state index contributed by atoms with van der Waals surface area (Å²) in [5.74, 6) is 0.477. The lowest BCUT2D eigenvalue weighted by atomic mass is 10.3. The van der Waals surface area contributed by atoms with Gasteiger partial charge in [-0.25, -0.2) is 14.2 Å². The maximum atomic E-state index is 13.6. The zero-order chi connectivity index (χ0) is 22.2. The van der Waals surface area contributed by atoms with Gasteiger partial charge in [0.2, 0.25) is 0 Å². The molecule has 0 saturated carbocycles. The molecule has 10 heteroatoms. The summed E-state index contributed by atoms with van der Waals surface area (Å²) in [5, 5.41) is 16.0. The Kier molecular flexibility index (Phi) is 7.71. The van der Waals surface area contributed by atoms with Gasteiger partial charge < -0.3 is 20.1 Å². The van der Waals surface area contributed by atoms with Crippen molar-refractivity contribution < 1.29 is 9.18 Å². The first-order valence-corrected chi connectivity index (χ1v) is 11.0. The van der Waals surface area contributed by atoms with Crippen LogP contribution in [0.5, 0.6) is 0 Å². The molecular weight excluding hydrogens is 417 g/mol. The molecule has 0 bridgehead atoms. The molecule has 3 rings (SSSR count). The summed E-state index contributed by atoms with van der Waals surface area (Å²) in [6.45, 7) is 6.72. The normalized spacial score (nSPS) is 11.4. The molecule has 0 spiro atoms. The van der Waals surface area contributed by atoms with Gasteiger partial charge in [-0.05, 0) is 44.2 Å². The highest BCUT2D eigenvalue weighted by Crippen LogP contribution is 2.20. The highest BCUT2D eigenvalue weighted by Gasteiger charge is 2.12. The average Bonchev–Trinajstić information content (AvgIpc) is 3.17. The fourth-order valence-corrected chi connectivity index (χ4v) is 3.98. The van der Waals surface area contributed by atoms with Crippen molar-refractivity contribution in [2.45, 2.75) is 20.4 Å². The molecule has 2 heterocycles. The van der Waals surface area contributed by atoms with Gasteiger partial charge in [-0.1, -0.05) is 6.07 Å². The quantitative estimate of drug-likeness (QED) is 0.560. The Labute approximate surface area is 184 Å². The molecule has 0 radical (unpaired) electrons. The van der Waals surface area contributed by atoms with E-state index in [9.17, 15) is 9.18 Å². The highest BCUT2D eigenvalue weighted by molar-refractivity contribution is 7.07. The summed E-state index contributed by atoms with van der Waals surface area (Å²) in [5.41, 5.74) is 2.05. The number of hydrogen-bond donors (Lipinski definition) is 2. The van der Waals surface area contributed by atoms with Gasteiger partial charge in [0.1, 0.15) is 11.5 Å². The number of benzene rings is 1. The van der Waals surface area contributed by atoms with Crippen molar-refractivity contribution in [3.8, 4) is 11.4 Å². The van der Waals surface area contributed by atoms with Crippen molar-refractivity contribution in [1.29, 1.82) is 0 Å². The van der Waals surface area contributed by atoms with Gasteiger partial charge in [-0.3, -0.25) is 0 Å². The average molecular weight is 444 g/mol. The molecule has 0 saturated heterocycles. The molecule has 8 nitrogen and oxygen atoms in total. The summed E-state index contributed by atoms with van der Waals surface area (Å²) in [4.78, 5) is 18.9. The van der Waals surface area contributed by atoms with Crippen LogP contribution in [-0.2, 0) is 6.54 Å². The van der Waals surface area contributed by atoms with Gasteiger partial charge in [0.05, 0.1) is 11.4 Å². The van der Waals surface area contributed by atoms with Crippen molar-refractivity contribution in [3.63, 3.8) is 0 Å². The second-order valence-electron chi connectivity index (χ2n) is 6.60. The van der Waals surface area contributed by atoms with Gasteiger partial charge in [-0.15, -0.1) is 21.5 Å². The zero-order valence-electron chi connectivity index (χ0n) is 17.8. The SMILES string of the molecule is CCN(CC)c1ccc(-c2csc(=Nc3cccc(F)c3)n2CCNC(=O)NC)nn1. The van der Waals surface area contributed by atoms with Crippen LogP contribution >= 0.6 is 11.3 Å². The van der Waals surface area contributed by atoms with Crippen LogP contribution in [0.1, 0.15) is 13.8 Å². The van der Waals surface area contributed by atoms with Crippen LogP contribution in [0.4, 0.5) is 20.7 Å². The minimum Gasteiger partial charge on any atom is -0.356 e. The molecule has 2 aromatic heterocycles. The number of amides is 2. The molecule has 0 aliphatic rings.